The van der Waals surface area contributed by atoms with Crippen LogP contribution < -0.4 is 4.72 Å². The van der Waals surface area contributed by atoms with Gasteiger partial charge in [-0.15, -0.1) is 0 Å². The molecule has 8 heteroatoms. The summed E-state index contributed by atoms with van der Waals surface area (Å²) >= 11 is 0. The quantitative estimate of drug-likeness (QED) is 0.905. The SMILES string of the molecule is CCn1cc(S(=O)(=O)Nc2ncncc2C(C)C)cn1. The number of aryl methyl sites for hydroxylation is 1. The number of aromatic nitrogens is 4. The van der Waals surface area contributed by atoms with Gasteiger partial charge in [0.2, 0.25) is 0 Å². The molecular weight excluding hydrogens is 278 g/mol. The monoisotopic (exact) mass is 295 g/mol. The first-order valence-electron chi connectivity index (χ1n) is 6.29. The second-order valence-electron chi connectivity index (χ2n) is 4.62. The highest BCUT2D eigenvalue weighted by Gasteiger charge is 2.19. The number of nitrogens with zero attached hydrogens (tertiary/aromatic N) is 4. The minimum atomic E-state index is -3.68. The normalized spacial score (nSPS) is 11.8. The molecule has 0 aliphatic carbocycles. The number of nitrogens with one attached hydrogen (secondary N) is 1. The molecule has 0 bridgehead atoms. The lowest BCUT2D eigenvalue weighted by Gasteiger charge is -2.12. The van der Waals surface area contributed by atoms with Crippen molar-refractivity contribution in [2.45, 2.75) is 38.1 Å². The number of rotatable bonds is 5. The Balaban J connectivity index is 2.33. The molecule has 0 saturated carbocycles. The van der Waals surface area contributed by atoms with E-state index in [1.54, 1.807) is 10.9 Å². The van der Waals surface area contributed by atoms with Crippen molar-refractivity contribution >= 4 is 15.8 Å². The van der Waals surface area contributed by atoms with Crippen molar-refractivity contribution in [3.63, 3.8) is 0 Å². The fourth-order valence-corrected chi connectivity index (χ4v) is 2.68. The molecule has 1 N–H and O–H groups in total. The highest BCUT2D eigenvalue weighted by molar-refractivity contribution is 7.92. The lowest BCUT2D eigenvalue weighted by Crippen LogP contribution is -2.15. The summed E-state index contributed by atoms with van der Waals surface area (Å²) in [5.74, 6) is 0.423. The van der Waals surface area contributed by atoms with Gasteiger partial charge in [0, 0.05) is 24.5 Å². The smallest absolute Gasteiger partial charge is 0.266 e. The third-order valence-electron chi connectivity index (χ3n) is 2.84. The van der Waals surface area contributed by atoms with Gasteiger partial charge in [0.15, 0.2) is 0 Å². The summed E-state index contributed by atoms with van der Waals surface area (Å²) < 4.78 is 28.6. The van der Waals surface area contributed by atoms with Gasteiger partial charge in [0.1, 0.15) is 17.0 Å². The second-order valence-corrected chi connectivity index (χ2v) is 6.30. The van der Waals surface area contributed by atoms with Crippen molar-refractivity contribution < 1.29 is 8.42 Å². The van der Waals surface area contributed by atoms with Crippen LogP contribution in [0.25, 0.3) is 0 Å². The Morgan fingerprint density at radius 2 is 2.10 bits per heavy atom. The molecule has 0 aromatic carbocycles. The highest BCUT2D eigenvalue weighted by Crippen LogP contribution is 2.23. The predicted molar refractivity (Wildman–Crippen MR) is 74.8 cm³/mol. The van der Waals surface area contributed by atoms with Gasteiger partial charge in [-0.3, -0.25) is 9.40 Å². The third-order valence-corrected chi connectivity index (χ3v) is 4.13. The van der Waals surface area contributed by atoms with Gasteiger partial charge < -0.3 is 0 Å². The van der Waals surface area contributed by atoms with Crippen LogP contribution in [-0.2, 0) is 16.6 Å². The average molecular weight is 295 g/mol. The van der Waals surface area contributed by atoms with E-state index >= 15 is 0 Å². The first-order chi connectivity index (χ1) is 9.44. The van der Waals surface area contributed by atoms with Gasteiger partial charge in [0.05, 0.1) is 6.20 Å². The van der Waals surface area contributed by atoms with E-state index in [2.05, 4.69) is 19.8 Å². The maximum atomic E-state index is 12.3. The van der Waals surface area contributed by atoms with E-state index in [4.69, 9.17) is 0 Å². The van der Waals surface area contributed by atoms with Crippen molar-refractivity contribution in [2.75, 3.05) is 4.72 Å². The topological polar surface area (TPSA) is 89.8 Å². The van der Waals surface area contributed by atoms with Gasteiger partial charge in [-0.2, -0.15) is 5.10 Å². The van der Waals surface area contributed by atoms with Crippen molar-refractivity contribution in [3.05, 3.63) is 30.5 Å². The summed E-state index contributed by atoms with van der Waals surface area (Å²) in [6, 6.07) is 0. The lowest BCUT2D eigenvalue weighted by atomic mass is 10.1. The number of sulfonamides is 1. The van der Waals surface area contributed by atoms with Gasteiger partial charge in [-0.05, 0) is 12.8 Å². The summed E-state index contributed by atoms with van der Waals surface area (Å²) in [6.07, 6.45) is 5.74. The fraction of sp³-hybridized carbons (Fsp3) is 0.417. The molecule has 0 amide bonds. The molecule has 2 aromatic rings. The van der Waals surface area contributed by atoms with Crippen molar-refractivity contribution in [1.29, 1.82) is 0 Å². The maximum Gasteiger partial charge on any atom is 0.266 e. The third kappa shape index (κ3) is 2.96. The highest BCUT2D eigenvalue weighted by atomic mass is 32.2. The van der Waals surface area contributed by atoms with E-state index in [0.717, 1.165) is 5.56 Å². The molecule has 20 heavy (non-hydrogen) atoms. The molecular formula is C12H17N5O2S. The van der Waals surface area contributed by atoms with Gasteiger partial charge in [0.25, 0.3) is 10.0 Å². The Hall–Kier alpha value is -1.96. The summed E-state index contributed by atoms with van der Waals surface area (Å²) in [4.78, 5) is 8.05. The minimum absolute atomic E-state index is 0.118. The van der Waals surface area contributed by atoms with Gasteiger partial charge in [-0.25, -0.2) is 18.4 Å². The molecule has 0 atom stereocenters. The van der Waals surface area contributed by atoms with Gasteiger partial charge in [-0.1, -0.05) is 13.8 Å². The fourth-order valence-electron chi connectivity index (χ4n) is 1.69. The minimum Gasteiger partial charge on any atom is -0.272 e. The summed E-state index contributed by atoms with van der Waals surface area (Å²) in [6.45, 7) is 6.40. The largest absolute Gasteiger partial charge is 0.272 e. The Labute approximate surface area is 118 Å². The molecule has 7 nitrogen and oxygen atoms in total. The zero-order chi connectivity index (χ0) is 14.8. The second kappa shape index (κ2) is 5.58. The summed E-state index contributed by atoms with van der Waals surface area (Å²) in [7, 11) is -3.68. The first-order valence-corrected chi connectivity index (χ1v) is 7.77. The molecule has 0 unspecified atom stereocenters. The van der Waals surface area contributed by atoms with Crippen LogP contribution in [0.3, 0.4) is 0 Å². The maximum absolute atomic E-state index is 12.3. The predicted octanol–water partition coefficient (Wildman–Crippen LogP) is 1.62. The Kier molecular flexibility index (Phi) is 4.03. The van der Waals surface area contributed by atoms with E-state index in [-0.39, 0.29) is 10.8 Å². The van der Waals surface area contributed by atoms with Crippen molar-refractivity contribution in [3.8, 4) is 0 Å². The molecule has 0 saturated heterocycles. The van der Waals surface area contributed by atoms with Crippen LogP contribution >= 0.6 is 0 Å². The first kappa shape index (κ1) is 14.4. The van der Waals surface area contributed by atoms with Crippen molar-refractivity contribution in [2.24, 2.45) is 0 Å². The lowest BCUT2D eigenvalue weighted by molar-refractivity contribution is 0.600. The molecule has 2 rings (SSSR count). The van der Waals surface area contributed by atoms with E-state index in [1.165, 1.54) is 18.7 Å². The van der Waals surface area contributed by atoms with E-state index in [9.17, 15) is 8.42 Å². The van der Waals surface area contributed by atoms with Crippen LogP contribution in [0.1, 0.15) is 32.3 Å². The molecule has 0 aliphatic heterocycles. The number of hydrogen-bond donors (Lipinski definition) is 1. The molecule has 0 aliphatic rings. The van der Waals surface area contributed by atoms with Crippen LogP contribution in [0.4, 0.5) is 5.82 Å². The number of hydrogen-bond acceptors (Lipinski definition) is 5. The summed E-state index contributed by atoms with van der Waals surface area (Å²) in [5, 5.41) is 3.96. The zero-order valence-electron chi connectivity index (χ0n) is 11.6. The van der Waals surface area contributed by atoms with Crippen LogP contribution in [0, 0.1) is 0 Å². The number of anilines is 1. The van der Waals surface area contributed by atoms with Crippen molar-refractivity contribution in [1.82, 2.24) is 19.7 Å². The zero-order valence-corrected chi connectivity index (χ0v) is 12.4. The van der Waals surface area contributed by atoms with Crippen LogP contribution in [-0.4, -0.2) is 28.2 Å². The Morgan fingerprint density at radius 1 is 1.35 bits per heavy atom. The molecule has 0 fully saturated rings. The average Bonchev–Trinajstić information content (AvgIpc) is 2.88. The Bertz CT molecular complexity index is 693. The van der Waals surface area contributed by atoms with Gasteiger partial charge >= 0.3 is 0 Å². The molecule has 2 heterocycles. The summed E-state index contributed by atoms with van der Waals surface area (Å²) in [5.41, 5.74) is 0.749. The van der Waals surface area contributed by atoms with E-state index in [1.807, 2.05) is 20.8 Å². The molecule has 0 spiro atoms. The Morgan fingerprint density at radius 3 is 2.70 bits per heavy atom. The van der Waals surface area contributed by atoms with E-state index < -0.39 is 10.0 Å². The molecule has 2 aromatic heterocycles. The van der Waals surface area contributed by atoms with E-state index in [0.29, 0.717) is 12.4 Å². The molecule has 108 valence electrons. The molecule has 0 radical (unpaired) electrons. The standard InChI is InChI=1S/C12H17N5O2S/c1-4-17-7-10(5-15-17)20(18,19)16-12-11(9(2)3)6-13-8-14-12/h5-9H,4H2,1-3H3,(H,13,14,16). The van der Waals surface area contributed by atoms with Crippen LogP contribution in [0.5, 0.6) is 0 Å². The van der Waals surface area contributed by atoms with Crippen LogP contribution in [0.15, 0.2) is 29.8 Å². The van der Waals surface area contributed by atoms with Crippen LogP contribution in [0.2, 0.25) is 0 Å².